The van der Waals surface area contributed by atoms with E-state index < -0.39 is 35.7 Å². The molecule has 1 heterocycles. The topological polar surface area (TPSA) is 70.1 Å². The van der Waals surface area contributed by atoms with Gasteiger partial charge in [-0.15, -0.1) is 0 Å². The van der Waals surface area contributed by atoms with Crippen molar-refractivity contribution < 1.29 is 27.8 Å². The van der Waals surface area contributed by atoms with Gasteiger partial charge in [0, 0.05) is 5.69 Å². The number of alkyl halides is 3. The number of ether oxygens (including phenoxy) is 2. The zero-order chi connectivity index (χ0) is 21.9. The van der Waals surface area contributed by atoms with Crippen LogP contribution >= 0.6 is 0 Å². The number of hydrogen-bond acceptors (Lipinski definition) is 5. The molecule has 1 fully saturated rings. The summed E-state index contributed by atoms with van der Waals surface area (Å²) in [6, 6.07) is 11.5. The summed E-state index contributed by atoms with van der Waals surface area (Å²) in [7, 11) is 0. The van der Waals surface area contributed by atoms with Crippen molar-refractivity contribution in [2.45, 2.75) is 31.5 Å². The van der Waals surface area contributed by atoms with Crippen molar-refractivity contribution in [2.24, 2.45) is 0 Å². The van der Waals surface area contributed by atoms with Crippen LogP contribution in [-0.2, 0) is 10.9 Å². The number of aliphatic hydroxyl groups is 1. The Morgan fingerprint density at radius 1 is 1.33 bits per heavy atom. The molecule has 0 saturated carbocycles. The van der Waals surface area contributed by atoms with Crippen LogP contribution in [0.3, 0.4) is 0 Å². The Hall–Kier alpha value is -3.27. The summed E-state index contributed by atoms with van der Waals surface area (Å²) in [5, 5.41) is 19.0. The second-order valence-electron chi connectivity index (χ2n) is 6.80. The maximum atomic E-state index is 13.3. The van der Waals surface area contributed by atoms with Crippen molar-refractivity contribution >= 4 is 11.4 Å². The van der Waals surface area contributed by atoms with Crippen molar-refractivity contribution in [1.82, 2.24) is 0 Å². The molecule has 0 aromatic heterocycles. The van der Waals surface area contributed by atoms with Gasteiger partial charge in [-0.3, -0.25) is 0 Å². The van der Waals surface area contributed by atoms with Gasteiger partial charge in [0.1, 0.15) is 18.5 Å². The largest absolute Gasteiger partial charge is 0.491 e. The zero-order valence-corrected chi connectivity index (χ0v) is 15.9. The summed E-state index contributed by atoms with van der Waals surface area (Å²) in [4.78, 5) is 4.82. The molecule has 3 rings (SSSR count). The molecule has 0 unspecified atom stereocenters. The van der Waals surface area contributed by atoms with Gasteiger partial charge in [0.05, 0.1) is 36.4 Å². The highest BCUT2D eigenvalue weighted by Crippen LogP contribution is 2.36. The highest BCUT2D eigenvalue weighted by atomic mass is 19.4. The fourth-order valence-electron chi connectivity index (χ4n) is 3.20. The Labute approximate surface area is 171 Å². The van der Waals surface area contributed by atoms with Crippen LogP contribution in [0.15, 0.2) is 42.5 Å². The Morgan fingerprint density at radius 2 is 2.03 bits per heavy atom. The molecule has 3 atom stereocenters. The minimum atomic E-state index is -4.68. The third kappa shape index (κ3) is 4.65. The molecule has 0 radical (unpaired) electrons. The second-order valence-corrected chi connectivity index (χ2v) is 6.80. The molecule has 0 spiro atoms. The molecule has 2 aromatic rings. The van der Waals surface area contributed by atoms with E-state index in [0.717, 1.165) is 12.1 Å². The van der Waals surface area contributed by atoms with E-state index in [-0.39, 0.29) is 18.8 Å². The third-order valence-corrected chi connectivity index (χ3v) is 4.61. The summed E-state index contributed by atoms with van der Waals surface area (Å²) < 4.78 is 51.4. The van der Waals surface area contributed by atoms with Crippen LogP contribution in [0.1, 0.15) is 18.1 Å². The van der Waals surface area contributed by atoms with Crippen molar-refractivity contribution in [3.8, 4) is 11.8 Å². The van der Waals surface area contributed by atoms with Crippen LogP contribution in [0.25, 0.3) is 4.85 Å². The summed E-state index contributed by atoms with van der Waals surface area (Å²) >= 11 is 0. The number of halogens is 3. The SMILES string of the molecule is [C-]#[N+]c1ccc(OC[C@@H]2CN(c3ccc(C#N)c(C(F)(F)F)c3)[C@@H]([C@@H](C)O)O2)cc1. The summed E-state index contributed by atoms with van der Waals surface area (Å²) in [6.07, 6.45) is -7.02. The highest BCUT2D eigenvalue weighted by Gasteiger charge is 2.39. The standard InChI is InChI=1S/C21H18F3N3O3/c1-13(28)20-27(16-6-3-14(10-25)19(9-16)21(22,23)24)11-18(30-20)12-29-17-7-4-15(26-2)5-8-17/h3-9,13,18,20,28H,11-12H2,1H3/t13-,18+,20-/m1/s1. The smallest absolute Gasteiger partial charge is 0.417 e. The van der Waals surface area contributed by atoms with Gasteiger partial charge in [-0.2, -0.15) is 18.4 Å². The number of aliphatic hydroxyl groups excluding tert-OH is 1. The van der Waals surface area contributed by atoms with Crippen LogP contribution < -0.4 is 9.64 Å². The summed E-state index contributed by atoms with van der Waals surface area (Å²) in [5.41, 5.74) is -0.841. The minimum absolute atomic E-state index is 0.111. The molecule has 0 amide bonds. The average molecular weight is 417 g/mol. The first-order valence-electron chi connectivity index (χ1n) is 9.04. The Morgan fingerprint density at radius 3 is 2.60 bits per heavy atom. The molecule has 1 aliphatic rings. The molecule has 1 saturated heterocycles. The zero-order valence-electron chi connectivity index (χ0n) is 15.9. The normalized spacial score (nSPS) is 19.8. The van der Waals surface area contributed by atoms with Crippen LogP contribution in [0.5, 0.6) is 5.75 Å². The maximum absolute atomic E-state index is 13.3. The number of anilines is 1. The van der Waals surface area contributed by atoms with Gasteiger partial charge < -0.3 is 19.5 Å². The average Bonchev–Trinajstić information content (AvgIpc) is 3.16. The molecule has 30 heavy (non-hydrogen) atoms. The molecule has 0 aliphatic carbocycles. The number of hydrogen-bond donors (Lipinski definition) is 1. The Kier molecular flexibility index (Phi) is 6.16. The molecular formula is C21H18F3N3O3. The Bertz CT molecular complexity index is 978. The lowest BCUT2D eigenvalue weighted by atomic mass is 10.1. The second kappa shape index (κ2) is 8.62. The van der Waals surface area contributed by atoms with Gasteiger partial charge in [-0.1, -0.05) is 12.1 Å². The summed E-state index contributed by atoms with van der Waals surface area (Å²) in [6.45, 7) is 8.73. The number of nitriles is 1. The van der Waals surface area contributed by atoms with E-state index in [1.54, 1.807) is 30.3 Å². The highest BCUT2D eigenvalue weighted by molar-refractivity contribution is 5.56. The number of rotatable bonds is 5. The lowest BCUT2D eigenvalue weighted by Gasteiger charge is -2.27. The van der Waals surface area contributed by atoms with Crippen molar-refractivity contribution in [2.75, 3.05) is 18.1 Å². The van der Waals surface area contributed by atoms with E-state index in [9.17, 15) is 18.3 Å². The van der Waals surface area contributed by atoms with Crippen LogP contribution in [0.2, 0.25) is 0 Å². The van der Waals surface area contributed by atoms with Crippen LogP contribution in [0, 0.1) is 17.9 Å². The number of benzene rings is 2. The van der Waals surface area contributed by atoms with E-state index in [1.165, 1.54) is 17.9 Å². The van der Waals surface area contributed by atoms with Gasteiger partial charge in [0.15, 0.2) is 11.9 Å². The Balaban J connectivity index is 1.78. The molecule has 6 nitrogen and oxygen atoms in total. The van der Waals surface area contributed by atoms with Gasteiger partial charge in [-0.25, -0.2) is 4.85 Å². The fourth-order valence-corrected chi connectivity index (χ4v) is 3.20. The molecule has 0 bridgehead atoms. The fraction of sp³-hybridized carbons (Fsp3) is 0.333. The molecule has 156 valence electrons. The van der Waals surface area contributed by atoms with Crippen molar-refractivity contribution in [1.29, 1.82) is 5.26 Å². The van der Waals surface area contributed by atoms with E-state index in [0.29, 0.717) is 11.4 Å². The molecule has 1 N–H and O–H groups in total. The summed E-state index contributed by atoms with van der Waals surface area (Å²) in [5.74, 6) is 0.524. The molecule has 1 aliphatic heterocycles. The maximum Gasteiger partial charge on any atom is 0.417 e. The van der Waals surface area contributed by atoms with Gasteiger partial charge >= 0.3 is 6.18 Å². The molecule has 9 heteroatoms. The predicted molar refractivity (Wildman–Crippen MR) is 102 cm³/mol. The van der Waals surface area contributed by atoms with Crippen molar-refractivity contribution in [3.63, 3.8) is 0 Å². The third-order valence-electron chi connectivity index (χ3n) is 4.61. The van der Waals surface area contributed by atoms with E-state index in [1.807, 2.05) is 0 Å². The number of nitrogens with zero attached hydrogens (tertiary/aromatic N) is 3. The van der Waals surface area contributed by atoms with E-state index in [4.69, 9.17) is 21.3 Å². The quantitative estimate of drug-likeness (QED) is 0.742. The first-order valence-corrected chi connectivity index (χ1v) is 9.04. The van der Waals surface area contributed by atoms with Gasteiger partial charge in [0.25, 0.3) is 0 Å². The van der Waals surface area contributed by atoms with Crippen molar-refractivity contribution in [3.05, 3.63) is 65.0 Å². The first-order chi connectivity index (χ1) is 14.2. The van der Waals surface area contributed by atoms with Crippen LogP contribution in [-0.4, -0.2) is 36.7 Å². The van der Waals surface area contributed by atoms with Gasteiger partial charge in [-0.05, 0) is 37.3 Å². The monoisotopic (exact) mass is 417 g/mol. The van der Waals surface area contributed by atoms with Crippen LogP contribution in [0.4, 0.5) is 24.5 Å². The predicted octanol–water partition coefficient (Wildman–Crippen LogP) is 4.12. The molecule has 2 aromatic carbocycles. The lowest BCUT2D eigenvalue weighted by molar-refractivity contribution is -0.137. The van der Waals surface area contributed by atoms with Gasteiger partial charge in [0.2, 0.25) is 0 Å². The minimum Gasteiger partial charge on any atom is -0.491 e. The first kappa shape index (κ1) is 21.4. The van der Waals surface area contributed by atoms with E-state index in [2.05, 4.69) is 4.85 Å². The van der Waals surface area contributed by atoms with E-state index >= 15 is 0 Å². The lowest BCUT2D eigenvalue weighted by Crippen LogP contribution is -2.38. The molecular weight excluding hydrogens is 399 g/mol.